The highest BCUT2D eigenvalue weighted by Crippen LogP contribution is 2.11. The summed E-state index contributed by atoms with van der Waals surface area (Å²) in [5, 5.41) is 0. The maximum Gasteiger partial charge on any atom is 0.224 e. The second-order valence-electron chi connectivity index (χ2n) is 5.85. The zero-order chi connectivity index (χ0) is 15.8. The van der Waals surface area contributed by atoms with Crippen LogP contribution in [-0.2, 0) is 16.1 Å². The van der Waals surface area contributed by atoms with Crippen molar-refractivity contribution < 1.29 is 9.59 Å². The van der Waals surface area contributed by atoms with Gasteiger partial charge in [0.15, 0.2) is 0 Å². The Morgan fingerprint density at radius 3 is 2.55 bits per heavy atom. The summed E-state index contributed by atoms with van der Waals surface area (Å²) in [6, 6.07) is 3.80. The first-order chi connectivity index (χ1) is 10.7. The quantitative estimate of drug-likeness (QED) is 0.838. The van der Waals surface area contributed by atoms with E-state index < -0.39 is 0 Å². The Bertz CT molecular complexity index is 482. The highest BCUT2D eigenvalue weighted by atomic mass is 16.2. The van der Waals surface area contributed by atoms with Crippen molar-refractivity contribution in [2.75, 3.05) is 19.6 Å². The SMILES string of the molecule is CC(=O)N(CCC(=O)N1CCCCCC1)Cc1cccnc1. The molecule has 120 valence electrons. The molecule has 2 amide bonds. The molecule has 1 saturated heterocycles. The molecular formula is C17H25N3O2. The lowest BCUT2D eigenvalue weighted by molar-refractivity contribution is -0.133. The Balaban J connectivity index is 1.85. The van der Waals surface area contributed by atoms with Crippen LogP contribution in [0.3, 0.4) is 0 Å². The van der Waals surface area contributed by atoms with Gasteiger partial charge in [-0.15, -0.1) is 0 Å². The van der Waals surface area contributed by atoms with Gasteiger partial charge in [0, 0.05) is 51.9 Å². The van der Waals surface area contributed by atoms with Crippen molar-refractivity contribution in [1.82, 2.24) is 14.8 Å². The molecule has 1 aromatic heterocycles. The lowest BCUT2D eigenvalue weighted by Crippen LogP contribution is -2.36. The summed E-state index contributed by atoms with van der Waals surface area (Å²) in [7, 11) is 0. The van der Waals surface area contributed by atoms with Crippen molar-refractivity contribution in [2.24, 2.45) is 0 Å². The first-order valence-electron chi connectivity index (χ1n) is 8.09. The predicted octanol–water partition coefficient (Wildman–Crippen LogP) is 2.22. The standard InChI is InChI=1S/C17H25N3O2/c1-15(21)20(14-16-7-6-9-18-13-16)12-8-17(22)19-10-4-2-3-5-11-19/h6-7,9,13H,2-5,8,10-12,14H2,1H3. The maximum absolute atomic E-state index is 12.3. The van der Waals surface area contributed by atoms with Gasteiger partial charge in [0.05, 0.1) is 0 Å². The van der Waals surface area contributed by atoms with Crippen LogP contribution in [0.15, 0.2) is 24.5 Å². The second kappa shape index (κ2) is 8.51. The number of hydrogen-bond acceptors (Lipinski definition) is 3. The van der Waals surface area contributed by atoms with Gasteiger partial charge in [0.25, 0.3) is 0 Å². The van der Waals surface area contributed by atoms with Crippen LogP contribution >= 0.6 is 0 Å². The minimum atomic E-state index is -0.00693. The minimum absolute atomic E-state index is 0.00693. The largest absolute Gasteiger partial charge is 0.343 e. The molecule has 0 aromatic carbocycles. The van der Waals surface area contributed by atoms with Gasteiger partial charge >= 0.3 is 0 Å². The Kier molecular flexibility index (Phi) is 6.37. The maximum atomic E-state index is 12.3. The molecular weight excluding hydrogens is 278 g/mol. The Morgan fingerprint density at radius 2 is 1.95 bits per heavy atom. The van der Waals surface area contributed by atoms with Gasteiger partial charge in [0.2, 0.25) is 11.8 Å². The third-order valence-corrected chi connectivity index (χ3v) is 4.10. The Labute approximate surface area is 132 Å². The van der Waals surface area contributed by atoms with Gasteiger partial charge in [-0.25, -0.2) is 0 Å². The van der Waals surface area contributed by atoms with Crippen LogP contribution in [0.5, 0.6) is 0 Å². The van der Waals surface area contributed by atoms with Crippen molar-refractivity contribution in [3.8, 4) is 0 Å². The van der Waals surface area contributed by atoms with Crippen molar-refractivity contribution >= 4 is 11.8 Å². The van der Waals surface area contributed by atoms with E-state index >= 15 is 0 Å². The van der Waals surface area contributed by atoms with Gasteiger partial charge in [-0.1, -0.05) is 18.9 Å². The van der Waals surface area contributed by atoms with Crippen LogP contribution in [0.25, 0.3) is 0 Å². The zero-order valence-electron chi connectivity index (χ0n) is 13.3. The topological polar surface area (TPSA) is 53.5 Å². The van der Waals surface area contributed by atoms with E-state index in [2.05, 4.69) is 4.98 Å². The number of amides is 2. The molecule has 0 radical (unpaired) electrons. The fourth-order valence-corrected chi connectivity index (χ4v) is 2.77. The Hall–Kier alpha value is -1.91. The third kappa shape index (κ3) is 5.13. The minimum Gasteiger partial charge on any atom is -0.343 e. The smallest absolute Gasteiger partial charge is 0.224 e. The molecule has 5 nitrogen and oxygen atoms in total. The summed E-state index contributed by atoms with van der Waals surface area (Å²) in [6.45, 7) is 4.26. The summed E-state index contributed by atoms with van der Waals surface area (Å²) < 4.78 is 0. The number of pyridine rings is 1. The van der Waals surface area contributed by atoms with E-state index in [4.69, 9.17) is 0 Å². The molecule has 0 saturated carbocycles. The van der Waals surface area contributed by atoms with E-state index in [0.29, 0.717) is 19.5 Å². The molecule has 0 aliphatic carbocycles. The fourth-order valence-electron chi connectivity index (χ4n) is 2.77. The highest BCUT2D eigenvalue weighted by molar-refractivity contribution is 5.78. The molecule has 2 heterocycles. The number of hydrogen-bond donors (Lipinski definition) is 0. The average Bonchev–Trinajstić information content (AvgIpc) is 2.81. The van der Waals surface area contributed by atoms with E-state index in [1.807, 2.05) is 17.0 Å². The molecule has 5 heteroatoms. The Morgan fingerprint density at radius 1 is 1.23 bits per heavy atom. The number of likely N-dealkylation sites (tertiary alicyclic amines) is 1. The fraction of sp³-hybridized carbons (Fsp3) is 0.588. The molecule has 1 aromatic rings. The summed E-state index contributed by atoms with van der Waals surface area (Å²) in [5.74, 6) is 0.159. The summed E-state index contributed by atoms with van der Waals surface area (Å²) in [4.78, 5) is 31.8. The first kappa shape index (κ1) is 16.5. The molecule has 22 heavy (non-hydrogen) atoms. The number of carbonyl (C=O) groups excluding carboxylic acids is 2. The molecule has 0 unspecified atom stereocenters. The average molecular weight is 303 g/mol. The number of carbonyl (C=O) groups is 2. The van der Waals surface area contributed by atoms with Crippen molar-refractivity contribution in [2.45, 2.75) is 45.6 Å². The molecule has 0 atom stereocenters. The molecule has 1 fully saturated rings. The zero-order valence-corrected chi connectivity index (χ0v) is 13.3. The van der Waals surface area contributed by atoms with Crippen LogP contribution in [0.4, 0.5) is 0 Å². The van der Waals surface area contributed by atoms with E-state index in [1.54, 1.807) is 24.2 Å². The number of aromatic nitrogens is 1. The van der Waals surface area contributed by atoms with Gasteiger partial charge in [0.1, 0.15) is 0 Å². The molecule has 1 aliphatic heterocycles. The second-order valence-corrected chi connectivity index (χ2v) is 5.85. The molecule has 0 N–H and O–H groups in total. The van der Waals surface area contributed by atoms with Gasteiger partial charge in [-0.05, 0) is 24.5 Å². The lowest BCUT2D eigenvalue weighted by atomic mass is 10.2. The van der Waals surface area contributed by atoms with Crippen LogP contribution in [0.1, 0.15) is 44.6 Å². The molecule has 0 spiro atoms. The van der Waals surface area contributed by atoms with E-state index in [0.717, 1.165) is 31.5 Å². The van der Waals surface area contributed by atoms with Crippen molar-refractivity contribution in [3.63, 3.8) is 0 Å². The lowest BCUT2D eigenvalue weighted by Gasteiger charge is -2.24. The molecule has 2 rings (SSSR count). The van der Waals surface area contributed by atoms with Gasteiger partial charge in [-0.2, -0.15) is 0 Å². The summed E-state index contributed by atoms with van der Waals surface area (Å²) in [5.41, 5.74) is 0.986. The van der Waals surface area contributed by atoms with E-state index in [-0.39, 0.29) is 11.8 Å². The van der Waals surface area contributed by atoms with Crippen LogP contribution in [-0.4, -0.2) is 46.2 Å². The van der Waals surface area contributed by atoms with Gasteiger partial charge in [-0.3, -0.25) is 14.6 Å². The van der Waals surface area contributed by atoms with E-state index in [9.17, 15) is 9.59 Å². The summed E-state index contributed by atoms with van der Waals surface area (Å²) in [6.07, 6.45) is 8.49. The van der Waals surface area contributed by atoms with Crippen molar-refractivity contribution in [3.05, 3.63) is 30.1 Å². The monoisotopic (exact) mass is 303 g/mol. The summed E-state index contributed by atoms with van der Waals surface area (Å²) >= 11 is 0. The van der Waals surface area contributed by atoms with Crippen LogP contribution < -0.4 is 0 Å². The van der Waals surface area contributed by atoms with E-state index in [1.165, 1.54) is 12.8 Å². The normalized spacial score (nSPS) is 15.2. The predicted molar refractivity (Wildman–Crippen MR) is 85.0 cm³/mol. The van der Waals surface area contributed by atoms with Crippen molar-refractivity contribution in [1.29, 1.82) is 0 Å². The molecule has 1 aliphatic rings. The molecule has 0 bridgehead atoms. The van der Waals surface area contributed by atoms with Crippen LogP contribution in [0.2, 0.25) is 0 Å². The third-order valence-electron chi connectivity index (χ3n) is 4.10. The highest BCUT2D eigenvalue weighted by Gasteiger charge is 2.17. The first-order valence-corrected chi connectivity index (χ1v) is 8.09. The number of rotatable bonds is 5. The van der Waals surface area contributed by atoms with Gasteiger partial charge < -0.3 is 9.80 Å². The van der Waals surface area contributed by atoms with Crippen LogP contribution in [0, 0.1) is 0 Å². The number of nitrogens with zero attached hydrogens (tertiary/aromatic N) is 3.